The van der Waals surface area contributed by atoms with Crippen molar-refractivity contribution < 1.29 is 9.53 Å². The highest BCUT2D eigenvalue weighted by atomic mass is 32.2. The molecule has 3 atom stereocenters. The number of benzene rings is 1. The Morgan fingerprint density at radius 1 is 1.29 bits per heavy atom. The lowest BCUT2D eigenvalue weighted by Gasteiger charge is -2.32. The highest BCUT2D eigenvalue weighted by Crippen LogP contribution is 2.48. The molecule has 1 aliphatic rings. The summed E-state index contributed by atoms with van der Waals surface area (Å²) in [5, 5.41) is 1.03. The zero-order valence-electron chi connectivity index (χ0n) is 11.7. The number of hydrogen-bond acceptors (Lipinski definition) is 5. The van der Waals surface area contributed by atoms with Crippen molar-refractivity contribution >= 4 is 29.4 Å². The number of aldehydes is 1. The van der Waals surface area contributed by atoms with Crippen LogP contribution in [0, 0.1) is 5.92 Å². The second-order valence-corrected chi connectivity index (χ2v) is 7.40. The number of carbonyl (C=O) groups excluding carboxylic acids is 1. The second-order valence-electron chi connectivity index (χ2n) is 5.00. The highest BCUT2D eigenvalue weighted by molar-refractivity contribution is 8.00. The van der Waals surface area contributed by atoms with Gasteiger partial charge in [-0.05, 0) is 17.7 Å². The predicted octanol–water partition coefficient (Wildman–Crippen LogP) is 2.89. The van der Waals surface area contributed by atoms with E-state index in [1.807, 2.05) is 31.2 Å². The molecule has 21 heavy (non-hydrogen) atoms. The van der Waals surface area contributed by atoms with Gasteiger partial charge in [-0.3, -0.25) is 4.79 Å². The average molecular weight is 321 g/mol. The minimum atomic E-state index is -0.137. The molecular weight excluding hydrogens is 306 g/mol. The molecule has 4 nitrogen and oxygen atoms in total. The molecule has 2 aromatic rings. The highest BCUT2D eigenvalue weighted by Gasteiger charge is 2.38. The maximum atomic E-state index is 11.7. The van der Waals surface area contributed by atoms with E-state index in [-0.39, 0.29) is 22.0 Å². The maximum Gasteiger partial charge on any atom is 0.305 e. The lowest BCUT2D eigenvalue weighted by molar-refractivity contribution is -0.111. The number of H-pyrrole nitrogens is 1. The number of methoxy groups -OCH3 is 1. The Bertz CT molecular complexity index is 704. The van der Waals surface area contributed by atoms with Crippen LogP contribution in [-0.4, -0.2) is 23.6 Å². The fourth-order valence-corrected chi connectivity index (χ4v) is 5.10. The molecule has 0 radical (unpaired) electrons. The van der Waals surface area contributed by atoms with Crippen LogP contribution in [-0.2, 0) is 4.79 Å². The maximum absolute atomic E-state index is 11.7. The Kier molecular flexibility index (Phi) is 3.91. The summed E-state index contributed by atoms with van der Waals surface area (Å²) in [5.74, 6) is 0.577. The van der Waals surface area contributed by atoms with Crippen molar-refractivity contribution in [2.75, 3.05) is 7.11 Å². The predicted molar refractivity (Wildman–Crippen MR) is 84.6 cm³/mol. The Labute approximate surface area is 130 Å². The number of nitrogens with one attached hydrogen (secondary N) is 1. The first-order chi connectivity index (χ1) is 10.1. The molecule has 0 aliphatic carbocycles. The molecular formula is C15H15NO3S2. The van der Waals surface area contributed by atoms with Crippen LogP contribution in [0.3, 0.4) is 0 Å². The molecule has 1 N–H and O–H groups in total. The number of ether oxygens (including phenoxy) is 1. The molecule has 0 bridgehead atoms. The Hall–Kier alpha value is -1.53. The molecule has 1 aromatic carbocycles. The van der Waals surface area contributed by atoms with Crippen LogP contribution in [0.25, 0.3) is 0 Å². The molecule has 0 unspecified atom stereocenters. The largest absolute Gasteiger partial charge is 0.497 e. The first-order valence-electron chi connectivity index (χ1n) is 6.63. The van der Waals surface area contributed by atoms with E-state index < -0.39 is 0 Å². The van der Waals surface area contributed by atoms with Gasteiger partial charge >= 0.3 is 4.87 Å². The number of aromatic amines is 1. The summed E-state index contributed by atoms with van der Waals surface area (Å²) in [6.45, 7) is 2.03. The van der Waals surface area contributed by atoms with E-state index in [0.717, 1.165) is 27.5 Å². The van der Waals surface area contributed by atoms with E-state index >= 15 is 0 Å². The molecule has 0 saturated heterocycles. The van der Waals surface area contributed by atoms with Crippen LogP contribution in [0.2, 0.25) is 0 Å². The zero-order chi connectivity index (χ0) is 15.0. The van der Waals surface area contributed by atoms with Crippen LogP contribution in [0.4, 0.5) is 0 Å². The number of aromatic nitrogens is 1. The summed E-state index contributed by atoms with van der Waals surface area (Å²) in [6.07, 6.45) is 1.01. The van der Waals surface area contributed by atoms with E-state index in [4.69, 9.17) is 4.74 Å². The van der Waals surface area contributed by atoms with Crippen molar-refractivity contribution in [2.45, 2.75) is 23.1 Å². The molecule has 2 heterocycles. The fraction of sp³-hybridized carbons (Fsp3) is 0.333. The van der Waals surface area contributed by atoms with Crippen LogP contribution in [0.5, 0.6) is 5.75 Å². The van der Waals surface area contributed by atoms with Gasteiger partial charge in [0.1, 0.15) is 12.0 Å². The monoisotopic (exact) mass is 321 g/mol. The van der Waals surface area contributed by atoms with Gasteiger partial charge < -0.3 is 14.5 Å². The van der Waals surface area contributed by atoms with E-state index in [1.54, 1.807) is 18.9 Å². The summed E-state index contributed by atoms with van der Waals surface area (Å²) < 4.78 is 5.18. The summed E-state index contributed by atoms with van der Waals surface area (Å²) >= 11 is 2.77. The molecule has 0 saturated carbocycles. The Balaban J connectivity index is 2.11. The zero-order valence-corrected chi connectivity index (χ0v) is 13.3. The molecule has 0 spiro atoms. The standard InChI is InChI=1S/C15H15NO3S2/c1-8-11(7-17)12(9-3-5-10(19-2)6-4-9)13-14(20-8)16-15(18)21-13/h3-8,11-12H,1-2H3,(H,16,18)/t8-,11-,12+/m1/s1. The number of thiazole rings is 1. The summed E-state index contributed by atoms with van der Waals surface area (Å²) in [7, 11) is 1.62. The molecule has 1 aliphatic heterocycles. The molecule has 0 amide bonds. The summed E-state index contributed by atoms with van der Waals surface area (Å²) in [5.41, 5.74) is 1.04. The van der Waals surface area contributed by atoms with Gasteiger partial charge in [-0.2, -0.15) is 0 Å². The van der Waals surface area contributed by atoms with E-state index in [9.17, 15) is 9.59 Å². The Morgan fingerprint density at radius 3 is 2.62 bits per heavy atom. The van der Waals surface area contributed by atoms with Crippen LogP contribution < -0.4 is 9.61 Å². The fourth-order valence-electron chi connectivity index (χ4n) is 2.70. The van der Waals surface area contributed by atoms with Crippen LogP contribution in [0.15, 0.2) is 34.1 Å². The number of rotatable bonds is 3. The van der Waals surface area contributed by atoms with Crippen LogP contribution >= 0.6 is 23.1 Å². The van der Waals surface area contributed by atoms with E-state index in [1.165, 1.54) is 11.3 Å². The van der Waals surface area contributed by atoms with Crippen molar-refractivity contribution in [1.29, 1.82) is 0 Å². The van der Waals surface area contributed by atoms with Gasteiger partial charge in [-0.15, -0.1) is 11.8 Å². The first kappa shape index (κ1) is 14.4. The molecule has 110 valence electrons. The third-order valence-corrected chi connectivity index (χ3v) is 6.13. The molecule has 1 aromatic heterocycles. The van der Waals surface area contributed by atoms with Gasteiger partial charge in [-0.1, -0.05) is 30.4 Å². The quantitative estimate of drug-likeness (QED) is 0.883. The SMILES string of the molecule is COc1ccc([C@@H]2c3sc(=O)[nH]c3S[C@H](C)[C@H]2C=O)cc1. The second kappa shape index (κ2) is 5.69. The number of hydrogen-bond donors (Lipinski definition) is 1. The average Bonchev–Trinajstić information content (AvgIpc) is 2.85. The van der Waals surface area contributed by atoms with E-state index in [0.29, 0.717) is 0 Å². The van der Waals surface area contributed by atoms with E-state index in [2.05, 4.69) is 4.98 Å². The number of thioether (sulfide) groups is 1. The van der Waals surface area contributed by atoms with Crippen molar-refractivity contribution in [3.05, 3.63) is 44.4 Å². The summed E-state index contributed by atoms with van der Waals surface area (Å²) in [6, 6.07) is 7.71. The minimum Gasteiger partial charge on any atom is -0.497 e. The van der Waals surface area contributed by atoms with Gasteiger partial charge in [-0.25, -0.2) is 0 Å². The van der Waals surface area contributed by atoms with Crippen molar-refractivity contribution in [2.24, 2.45) is 5.92 Å². The van der Waals surface area contributed by atoms with Gasteiger partial charge in [0.2, 0.25) is 0 Å². The Morgan fingerprint density at radius 2 is 2.00 bits per heavy atom. The normalized spacial score (nSPS) is 24.4. The van der Waals surface area contributed by atoms with Gasteiger partial charge in [0.05, 0.1) is 12.1 Å². The van der Waals surface area contributed by atoms with Crippen molar-refractivity contribution in [3.8, 4) is 5.75 Å². The smallest absolute Gasteiger partial charge is 0.305 e. The summed E-state index contributed by atoms with van der Waals surface area (Å²) in [4.78, 5) is 27.0. The van der Waals surface area contributed by atoms with Crippen molar-refractivity contribution in [1.82, 2.24) is 4.98 Å². The molecule has 6 heteroatoms. The first-order valence-corrected chi connectivity index (χ1v) is 8.32. The molecule has 0 fully saturated rings. The minimum absolute atomic E-state index is 0.0650. The van der Waals surface area contributed by atoms with Crippen molar-refractivity contribution in [3.63, 3.8) is 0 Å². The van der Waals surface area contributed by atoms with Gasteiger partial charge in [0.15, 0.2) is 0 Å². The third-order valence-electron chi connectivity index (χ3n) is 3.79. The number of carbonyl (C=O) groups is 1. The molecule has 3 rings (SSSR count). The van der Waals surface area contributed by atoms with Gasteiger partial charge in [0, 0.05) is 22.0 Å². The van der Waals surface area contributed by atoms with Gasteiger partial charge in [0.25, 0.3) is 0 Å². The number of fused-ring (bicyclic) bond motifs is 1. The lowest BCUT2D eigenvalue weighted by atomic mass is 9.83. The van der Waals surface area contributed by atoms with Crippen LogP contribution in [0.1, 0.15) is 23.3 Å². The topological polar surface area (TPSA) is 59.2 Å². The third kappa shape index (κ3) is 2.53. The lowest BCUT2D eigenvalue weighted by Crippen LogP contribution is -2.28.